The lowest BCUT2D eigenvalue weighted by atomic mass is 10.1. The van der Waals surface area contributed by atoms with Gasteiger partial charge in [-0.2, -0.15) is 15.2 Å². The zero-order chi connectivity index (χ0) is 19.8. The Morgan fingerprint density at radius 3 is 2.19 bits per heavy atom. The van der Waals surface area contributed by atoms with Crippen molar-refractivity contribution in [1.29, 1.82) is 0 Å². The Hall–Kier alpha value is -2.25. The standard InChI is InChI=1S/C12H10F8N4O2/c13-8(14)4-1-6(10(17)18)23(21-4)3-7(25)24-12(26,11(19)20)2-5(22-24)9(15)16/h1,8-11,26H,2-3H2. The van der Waals surface area contributed by atoms with E-state index in [0.717, 1.165) is 0 Å². The summed E-state index contributed by atoms with van der Waals surface area (Å²) in [6, 6.07) is 0.305. The molecule has 0 bridgehead atoms. The minimum Gasteiger partial charge on any atom is -0.364 e. The molecule has 6 nitrogen and oxygen atoms in total. The minimum atomic E-state index is -3.71. The molecule has 1 N–H and O–H groups in total. The second kappa shape index (κ2) is 7.17. The van der Waals surface area contributed by atoms with Crippen LogP contribution in [-0.2, 0) is 11.3 Å². The molecule has 2 heterocycles. The van der Waals surface area contributed by atoms with E-state index in [0.29, 0.717) is 6.07 Å². The third-order valence-electron chi connectivity index (χ3n) is 3.44. The Labute approximate surface area is 139 Å². The molecular formula is C12H10F8N4O2. The van der Waals surface area contributed by atoms with Crippen LogP contribution in [0.15, 0.2) is 11.2 Å². The summed E-state index contributed by atoms with van der Waals surface area (Å²) >= 11 is 0. The molecule has 1 amide bonds. The highest BCUT2D eigenvalue weighted by Gasteiger charge is 2.53. The topological polar surface area (TPSA) is 70.7 Å². The van der Waals surface area contributed by atoms with E-state index >= 15 is 0 Å². The number of nitrogens with zero attached hydrogens (tertiary/aromatic N) is 4. The van der Waals surface area contributed by atoms with Crippen molar-refractivity contribution in [2.24, 2.45) is 5.10 Å². The van der Waals surface area contributed by atoms with Gasteiger partial charge >= 0.3 is 0 Å². The number of hydrogen-bond donors (Lipinski definition) is 1. The number of hydrazone groups is 1. The van der Waals surface area contributed by atoms with E-state index in [-0.39, 0.29) is 9.69 Å². The van der Waals surface area contributed by atoms with Gasteiger partial charge in [-0.1, -0.05) is 0 Å². The molecule has 0 fully saturated rings. The van der Waals surface area contributed by atoms with E-state index in [4.69, 9.17) is 0 Å². The first-order valence-electron chi connectivity index (χ1n) is 6.80. The summed E-state index contributed by atoms with van der Waals surface area (Å²) in [6.07, 6.45) is -15.0. The Morgan fingerprint density at radius 1 is 1.12 bits per heavy atom. The molecule has 0 saturated heterocycles. The number of aromatic nitrogens is 2. The molecule has 0 radical (unpaired) electrons. The van der Waals surface area contributed by atoms with Crippen molar-refractivity contribution in [3.8, 4) is 0 Å². The molecular weight excluding hydrogens is 384 g/mol. The first kappa shape index (κ1) is 20.1. The van der Waals surface area contributed by atoms with Crippen LogP contribution in [-0.4, -0.2) is 50.1 Å². The van der Waals surface area contributed by atoms with Crippen molar-refractivity contribution in [2.75, 3.05) is 0 Å². The molecule has 14 heteroatoms. The SMILES string of the molecule is O=C(Cn1nc(C(F)F)cc1C(F)F)N1N=C(C(F)F)CC1(O)C(F)F. The van der Waals surface area contributed by atoms with Gasteiger partial charge < -0.3 is 5.11 Å². The quantitative estimate of drug-likeness (QED) is 0.754. The van der Waals surface area contributed by atoms with E-state index in [1.54, 1.807) is 0 Å². The summed E-state index contributed by atoms with van der Waals surface area (Å²) in [6.45, 7) is -1.30. The van der Waals surface area contributed by atoms with Crippen LogP contribution in [0.4, 0.5) is 35.1 Å². The van der Waals surface area contributed by atoms with Gasteiger partial charge in [0.25, 0.3) is 31.6 Å². The fourth-order valence-electron chi connectivity index (χ4n) is 2.21. The first-order valence-corrected chi connectivity index (χ1v) is 6.80. The molecule has 2 rings (SSSR count). The van der Waals surface area contributed by atoms with Crippen molar-refractivity contribution in [3.63, 3.8) is 0 Å². The molecule has 1 aliphatic heterocycles. The van der Waals surface area contributed by atoms with Crippen molar-refractivity contribution in [1.82, 2.24) is 14.8 Å². The Bertz CT molecular complexity index is 707. The van der Waals surface area contributed by atoms with Crippen LogP contribution in [0.2, 0.25) is 0 Å². The first-order chi connectivity index (χ1) is 12.0. The van der Waals surface area contributed by atoms with Crippen LogP contribution >= 0.6 is 0 Å². The lowest BCUT2D eigenvalue weighted by Crippen LogP contribution is -2.52. The maximum atomic E-state index is 13.0. The number of rotatable bonds is 6. The maximum Gasteiger partial charge on any atom is 0.287 e. The second-order valence-electron chi connectivity index (χ2n) is 5.21. The van der Waals surface area contributed by atoms with Gasteiger partial charge in [-0.3, -0.25) is 9.48 Å². The van der Waals surface area contributed by atoms with Gasteiger partial charge in [-0.25, -0.2) is 35.1 Å². The highest BCUT2D eigenvalue weighted by atomic mass is 19.3. The number of aliphatic hydroxyl groups is 1. The predicted molar refractivity (Wildman–Crippen MR) is 68.0 cm³/mol. The van der Waals surface area contributed by atoms with Crippen LogP contribution in [0.5, 0.6) is 0 Å². The number of carbonyl (C=O) groups is 1. The fraction of sp³-hybridized carbons (Fsp3) is 0.583. The van der Waals surface area contributed by atoms with Gasteiger partial charge in [0.15, 0.2) is 0 Å². The molecule has 0 spiro atoms. The number of amides is 1. The lowest BCUT2D eigenvalue weighted by molar-refractivity contribution is -0.192. The van der Waals surface area contributed by atoms with E-state index in [2.05, 4.69) is 10.2 Å². The fourth-order valence-corrected chi connectivity index (χ4v) is 2.21. The van der Waals surface area contributed by atoms with Crippen LogP contribution in [0, 0.1) is 0 Å². The van der Waals surface area contributed by atoms with E-state index in [9.17, 15) is 45.0 Å². The highest BCUT2D eigenvalue weighted by molar-refractivity contribution is 5.92. The number of halogens is 8. The minimum absolute atomic E-state index is 0.107. The molecule has 1 aliphatic rings. The van der Waals surface area contributed by atoms with Gasteiger partial charge in [-0.15, -0.1) is 0 Å². The zero-order valence-corrected chi connectivity index (χ0v) is 12.5. The smallest absolute Gasteiger partial charge is 0.287 e. The lowest BCUT2D eigenvalue weighted by Gasteiger charge is -2.30. The molecule has 1 aromatic heterocycles. The zero-order valence-electron chi connectivity index (χ0n) is 12.5. The normalized spacial score (nSPS) is 20.8. The van der Waals surface area contributed by atoms with Gasteiger partial charge in [0.05, 0.1) is 0 Å². The molecule has 1 atom stereocenters. The van der Waals surface area contributed by atoms with Crippen LogP contribution in [0.3, 0.4) is 0 Å². The third-order valence-corrected chi connectivity index (χ3v) is 3.44. The highest BCUT2D eigenvalue weighted by Crippen LogP contribution is 2.33. The average Bonchev–Trinajstić information content (AvgIpc) is 3.09. The Morgan fingerprint density at radius 2 is 1.73 bits per heavy atom. The summed E-state index contributed by atoms with van der Waals surface area (Å²) < 4.78 is 102. The molecule has 0 aliphatic carbocycles. The summed E-state index contributed by atoms with van der Waals surface area (Å²) in [7, 11) is 0. The number of hydrogen-bond acceptors (Lipinski definition) is 4. The molecule has 0 aromatic carbocycles. The van der Waals surface area contributed by atoms with Crippen LogP contribution in [0.25, 0.3) is 0 Å². The maximum absolute atomic E-state index is 13.0. The van der Waals surface area contributed by atoms with Gasteiger partial charge in [0, 0.05) is 6.42 Å². The molecule has 26 heavy (non-hydrogen) atoms. The average molecular weight is 394 g/mol. The summed E-state index contributed by atoms with van der Waals surface area (Å²) in [4.78, 5) is 12.0. The van der Waals surface area contributed by atoms with E-state index < -0.39 is 67.4 Å². The third kappa shape index (κ3) is 3.64. The molecule has 146 valence electrons. The monoisotopic (exact) mass is 394 g/mol. The second-order valence-corrected chi connectivity index (χ2v) is 5.21. The van der Waals surface area contributed by atoms with Crippen molar-refractivity contribution >= 4 is 11.6 Å². The summed E-state index contributed by atoms with van der Waals surface area (Å²) in [5, 5.41) is 15.4. The van der Waals surface area contributed by atoms with Gasteiger partial charge in [0.2, 0.25) is 5.72 Å². The molecule has 1 aromatic rings. The number of carbonyl (C=O) groups excluding carboxylic acids is 1. The van der Waals surface area contributed by atoms with Crippen molar-refractivity contribution in [3.05, 3.63) is 17.5 Å². The van der Waals surface area contributed by atoms with Crippen molar-refractivity contribution in [2.45, 2.75) is 44.4 Å². The Balaban J connectivity index is 2.33. The van der Waals surface area contributed by atoms with Crippen LogP contribution in [0.1, 0.15) is 30.7 Å². The largest absolute Gasteiger partial charge is 0.364 e. The van der Waals surface area contributed by atoms with E-state index in [1.165, 1.54) is 0 Å². The number of alkyl halides is 8. The summed E-state index contributed by atoms with van der Waals surface area (Å²) in [5.74, 6) is -1.62. The van der Waals surface area contributed by atoms with Gasteiger partial charge in [0.1, 0.15) is 23.6 Å². The summed E-state index contributed by atoms with van der Waals surface area (Å²) in [5.41, 5.74) is -6.85. The Kier molecular flexibility index (Phi) is 5.53. The van der Waals surface area contributed by atoms with E-state index in [1.807, 2.05) is 0 Å². The van der Waals surface area contributed by atoms with Crippen molar-refractivity contribution < 1.29 is 45.0 Å². The predicted octanol–water partition coefficient (Wildman–Crippen LogP) is 2.57. The molecule has 1 unspecified atom stereocenters. The van der Waals surface area contributed by atoms with Crippen LogP contribution < -0.4 is 0 Å². The van der Waals surface area contributed by atoms with Gasteiger partial charge in [-0.05, 0) is 6.07 Å². The molecule has 0 saturated carbocycles.